The van der Waals surface area contributed by atoms with E-state index in [1.54, 1.807) is 36.4 Å². The molecule has 0 spiro atoms. The van der Waals surface area contributed by atoms with Crippen LogP contribution in [0.2, 0.25) is 0 Å². The molecule has 1 N–H and O–H groups in total. The summed E-state index contributed by atoms with van der Waals surface area (Å²) in [5.41, 5.74) is 1.90. The molecule has 0 bridgehead atoms. The minimum Gasteiger partial charge on any atom is -0.460 e. The van der Waals surface area contributed by atoms with E-state index < -0.39 is 22.0 Å². The van der Waals surface area contributed by atoms with Crippen LogP contribution >= 0.6 is 0 Å². The molecule has 0 aromatic heterocycles. The molecule has 0 aliphatic heterocycles. The Bertz CT molecular complexity index is 899. The highest BCUT2D eigenvalue weighted by Gasteiger charge is 2.23. The number of ether oxygens (including phenoxy) is 1. The number of benzene rings is 2. The molecule has 7 heteroatoms. The van der Waals surface area contributed by atoms with Crippen LogP contribution in [0.25, 0.3) is 0 Å². The van der Waals surface area contributed by atoms with Crippen LogP contribution in [0.3, 0.4) is 0 Å². The van der Waals surface area contributed by atoms with Crippen molar-refractivity contribution in [1.82, 2.24) is 4.72 Å². The number of sulfonamides is 1. The van der Waals surface area contributed by atoms with Crippen molar-refractivity contribution in [2.24, 2.45) is 0 Å². The molecule has 130 valence electrons. The molecule has 2 rings (SSSR count). The van der Waals surface area contributed by atoms with Crippen LogP contribution in [0.15, 0.2) is 53.4 Å². The van der Waals surface area contributed by atoms with Gasteiger partial charge in [-0.05, 0) is 32.0 Å². The Morgan fingerprint density at radius 1 is 1.20 bits per heavy atom. The number of nitriles is 1. The van der Waals surface area contributed by atoms with Crippen molar-refractivity contribution in [3.05, 3.63) is 65.2 Å². The third-order valence-corrected chi connectivity index (χ3v) is 5.08. The van der Waals surface area contributed by atoms with Gasteiger partial charge in [0.05, 0.1) is 16.5 Å². The lowest BCUT2D eigenvalue weighted by Crippen LogP contribution is -2.39. The summed E-state index contributed by atoms with van der Waals surface area (Å²) < 4.78 is 31.9. The lowest BCUT2D eigenvalue weighted by molar-refractivity contribution is -0.146. The molecular formula is C18H18N2O4S. The zero-order chi connectivity index (χ0) is 18.4. The van der Waals surface area contributed by atoms with Crippen LogP contribution in [-0.4, -0.2) is 20.4 Å². The summed E-state index contributed by atoms with van der Waals surface area (Å²) in [6.45, 7) is 3.16. The first kappa shape index (κ1) is 18.6. The van der Waals surface area contributed by atoms with E-state index in [9.17, 15) is 13.2 Å². The SMILES string of the molecule is Cc1ccc(S(=O)(=O)N[C@@H](C)C(=O)OCc2ccccc2C#N)cc1. The first-order valence-corrected chi connectivity index (χ1v) is 9.05. The minimum atomic E-state index is -3.82. The molecule has 1 atom stereocenters. The molecule has 0 radical (unpaired) electrons. The first-order valence-electron chi connectivity index (χ1n) is 7.57. The second kappa shape index (κ2) is 7.92. The van der Waals surface area contributed by atoms with E-state index in [2.05, 4.69) is 4.72 Å². The molecule has 25 heavy (non-hydrogen) atoms. The molecule has 2 aromatic rings. The Morgan fingerprint density at radius 2 is 1.84 bits per heavy atom. The van der Waals surface area contributed by atoms with Crippen molar-refractivity contribution >= 4 is 16.0 Å². The number of hydrogen-bond donors (Lipinski definition) is 1. The van der Waals surface area contributed by atoms with E-state index in [1.165, 1.54) is 19.1 Å². The van der Waals surface area contributed by atoms with Gasteiger partial charge in [0.25, 0.3) is 0 Å². The van der Waals surface area contributed by atoms with Crippen LogP contribution in [-0.2, 0) is 26.2 Å². The van der Waals surface area contributed by atoms with Gasteiger partial charge in [-0.2, -0.15) is 9.98 Å². The maximum absolute atomic E-state index is 12.3. The van der Waals surface area contributed by atoms with E-state index >= 15 is 0 Å². The zero-order valence-electron chi connectivity index (χ0n) is 13.9. The van der Waals surface area contributed by atoms with Crippen LogP contribution in [0.1, 0.15) is 23.6 Å². The fourth-order valence-corrected chi connectivity index (χ4v) is 3.29. The Hall–Kier alpha value is -2.69. The molecule has 6 nitrogen and oxygen atoms in total. The number of hydrogen-bond acceptors (Lipinski definition) is 5. The van der Waals surface area contributed by atoms with Crippen LogP contribution in [0, 0.1) is 18.3 Å². The standard InChI is InChI=1S/C18H18N2O4S/c1-13-7-9-17(10-8-13)25(22,23)20-14(2)18(21)24-12-16-6-4-3-5-15(16)11-19/h3-10,14,20H,12H2,1-2H3/t14-/m0/s1. The average molecular weight is 358 g/mol. The van der Waals surface area contributed by atoms with Crippen molar-refractivity contribution in [3.63, 3.8) is 0 Å². The van der Waals surface area contributed by atoms with Crippen molar-refractivity contribution in [2.45, 2.75) is 31.4 Å². The van der Waals surface area contributed by atoms with Gasteiger partial charge in [-0.3, -0.25) is 4.79 Å². The molecule has 0 saturated heterocycles. The molecule has 0 amide bonds. The van der Waals surface area contributed by atoms with Crippen molar-refractivity contribution < 1.29 is 17.9 Å². The fourth-order valence-electron chi connectivity index (χ4n) is 2.10. The van der Waals surface area contributed by atoms with Gasteiger partial charge in [0.15, 0.2) is 0 Å². The van der Waals surface area contributed by atoms with Gasteiger partial charge >= 0.3 is 5.97 Å². The van der Waals surface area contributed by atoms with E-state index in [1.807, 2.05) is 13.0 Å². The summed E-state index contributed by atoms with van der Waals surface area (Å²) in [6, 6.07) is 14.0. The van der Waals surface area contributed by atoms with Gasteiger partial charge in [0.1, 0.15) is 12.6 Å². The second-order valence-electron chi connectivity index (χ2n) is 5.53. The number of esters is 1. The fraction of sp³-hybridized carbons (Fsp3) is 0.222. The second-order valence-corrected chi connectivity index (χ2v) is 7.25. The van der Waals surface area contributed by atoms with Crippen LogP contribution < -0.4 is 4.72 Å². The summed E-state index contributed by atoms with van der Waals surface area (Å²) in [5, 5.41) is 9.01. The van der Waals surface area contributed by atoms with Gasteiger partial charge < -0.3 is 4.74 Å². The van der Waals surface area contributed by atoms with Crippen LogP contribution in [0.4, 0.5) is 0 Å². The highest BCUT2D eigenvalue weighted by molar-refractivity contribution is 7.89. The molecule has 0 fully saturated rings. The molecule has 0 aliphatic rings. The number of carbonyl (C=O) groups is 1. The molecule has 0 aliphatic carbocycles. The van der Waals surface area contributed by atoms with Gasteiger partial charge in [0.2, 0.25) is 10.0 Å². The van der Waals surface area contributed by atoms with E-state index in [0.29, 0.717) is 11.1 Å². The predicted octanol–water partition coefficient (Wildman–Crippen LogP) is 2.28. The average Bonchev–Trinajstić information content (AvgIpc) is 2.59. The third-order valence-electron chi connectivity index (χ3n) is 3.52. The van der Waals surface area contributed by atoms with Crippen LogP contribution in [0.5, 0.6) is 0 Å². The topological polar surface area (TPSA) is 96.3 Å². The Labute approximate surface area is 147 Å². The maximum atomic E-state index is 12.3. The molecular weight excluding hydrogens is 340 g/mol. The summed E-state index contributed by atoms with van der Waals surface area (Å²) >= 11 is 0. The minimum absolute atomic E-state index is 0.0765. The highest BCUT2D eigenvalue weighted by atomic mass is 32.2. The van der Waals surface area contributed by atoms with Gasteiger partial charge in [-0.15, -0.1) is 0 Å². The Balaban J connectivity index is 2.00. The number of nitrogens with zero attached hydrogens (tertiary/aromatic N) is 1. The number of nitrogens with one attached hydrogen (secondary N) is 1. The van der Waals surface area contributed by atoms with E-state index in [-0.39, 0.29) is 11.5 Å². The normalized spacial score (nSPS) is 12.2. The smallest absolute Gasteiger partial charge is 0.324 e. The summed E-state index contributed by atoms with van der Waals surface area (Å²) in [7, 11) is -3.82. The number of carbonyl (C=O) groups excluding carboxylic acids is 1. The monoisotopic (exact) mass is 358 g/mol. The molecule has 2 aromatic carbocycles. The summed E-state index contributed by atoms with van der Waals surface area (Å²) in [4.78, 5) is 12.1. The number of aryl methyl sites for hydroxylation is 1. The predicted molar refractivity (Wildman–Crippen MR) is 91.9 cm³/mol. The number of rotatable bonds is 6. The van der Waals surface area contributed by atoms with Gasteiger partial charge in [0, 0.05) is 5.56 Å². The third kappa shape index (κ3) is 4.89. The summed E-state index contributed by atoms with van der Waals surface area (Å²) in [6.07, 6.45) is 0. The molecule has 0 heterocycles. The lowest BCUT2D eigenvalue weighted by Gasteiger charge is -2.14. The maximum Gasteiger partial charge on any atom is 0.324 e. The largest absolute Gasteiger partial charge is 0.460 e. The zero-order valence-corrected chi connectivity index (χ0v) is 14.7. The van der Waals surface area contributed by atoms with Crippen molar-refractivity contribution in [2.75, 3.05) is 0 Å². The Morgan fingerprint density at radius 3 is 2.48 bits per heavy atom. The lowest BCUT2D eigenvalue weighted by atomic mass is 10.1. The quantitative estimate of drug-likeness (QED) is 0.799. The van der Waals surface area contributed by atoms with E-state index in [4.69, 9.17) is 10.00 Å². The van der Waals surface area contributed by atoms with Crippen molar-refractivity contribution in [1.29, 1.82) is 5.26 Å². The highest BCUT2D eigenvalue weighted by Crippen LogP contribution is 2.12. The first-order chi connectivity index (χ1) is 11.8. The van der Waals surface area contributed by atoms with Gasteiger partial charge in [-0.1, -0.05) is 35.9 Å². The van der Waals surface area contributed by atoms with Gasteiger partial charge in [-0.25, -0.2) is 8.42 Å². The summed E-state index contributed by atoms with van der Waals surface area (Å²) in [5.74, 6) is -0.719. The molecule has 0 unspecified atom stereocenters. The van der Waals surface area contributed by atoms with E-state index in [0.717, 1.165) is 5.56 Å². The Kier molecular flexibility index (Phi) is 5.91. The van der Waals surface area contributed by atoms with Crippen molar-refractivity contribution in [3.8, 4) is 6.07 Å². The molecule has 0 saturated carbocycles.